The summed E-state index contributed by atoms with van der Waals surface area (Å²) in [6.07, 6.45) is 5.03. The molecule has 1 N–H and O–H groups in total. The van der Waals surface area contributed by atoms with Crippen molar-refractivity contribution in [3.05, 3.63) is 161 Å². The number of hydrogen-bond donors (Lipinski definition) is 1. The second-order valence-electron chi connectivity index (χ2n) is 10.1. The van der Waals surface area contributed by atoms with Crippen LogP contribution in [0.2, 0.25) is 0 Å². The van der Waals surface area contributed by atoms with Crippen LogP contribution in [0.25, 0.3) is 38.5 Å². The van der Waals surface area contributed by atoms with Crippen LogP contribution >= 0.6 is 0 Å². The molecule has 4 aromatic carbocycles. The predicted molar refractivity (Wildman–Crippen MR) is 161 cm³/mol. The number of aromatic nitrogens is 3. The topological polar surface area (TPSA) is 87.1 Å². The summed E-state index contributed by atoms with van der Waals surface area (Å²) in [6, 6.07) is 34.8. The normalized spacial score (nSPS) is 14.8. The van der Waals surface area contributed by atoms with Crippen LogP contribution in [-0.2, 0) is 5.41 Å². The molecular formula is C36H21N5O. The number of nitrogens with zero attached hydrogens (tertiary/aromatic N) is 5. The van der Waals surface area contributed by atoms with Crippen molar-refractivity contribution in [1.82, 2.24) is 15.0 Å². The molecule has 0 aliphatic heterocycles. The maximum Gasteiger partial charge on any atom is 0.187 e. The molecule has 196 valence electrons. The van der Waals surface area contributed by atoms with Crippen LogP contribution in [-0.4, -0.2) is 20.1 Å². The number of phenolic OH excluding ortho intramolecular Hbond substituents is 1. The third-order valence-electron chi connectivity index (χ3n) is 7.85. The fourth-order valence-electron chi connectivity index (χ4n) is 6.03. The molecular weight excluding hydrogens is 518 g/mol. The molecule has 0 spiro atoms. The van der Waals surface area contributed by atoms with Gasteiger partial charge in [-0.2, -0.15) is 5.26 Å². The summed E-state index contributed by atoms with van der Waals surface area (Å²) in [7, 11) is 0. The third kappa shape index (κ3) is 3.75. The Morgan fingerprint density at radius 3 is 2.36 bits per heavy atom. The maximum atomic E-state index is 10.7. The number of rotatable bonds is 4. The summed E-state index contributed by atoms with van der Waals surface area (Å²) in [4.78, 5) is 17.8. The van der Waals surface area contributed by atoms with Crippen LogP contribution in [0, 0.1) is 17.9 Å². The van der Waals surface area contributed by atoms with Gasteiger partial charge in [0.1, 0.15) is 5.75 Å². The lowest BCUT2D eigenvalue weighted by Crippen LogP contribution is -2.30. The Morgan fingerprint density at radius 2 is 1.57 bits per heavy atom. The van der Waals surface area contributed by atoms with Crippen molar-refractivity contribution in [1.29, 1.82) is 5.26 Å². The van der Waals surface area contributed by atoms with Gasteiger partial charge >= 0.3 is 0 Å². The van der Waals surface area contributed by atoms with Gasteiger partial charge in [0.25, 0.3) is 0 Å². The Hall–Kier alpha value is -6.11. The second kappa shape index (κ2) is 9.82. The van der Waals surface area contributed by atoms with Gasteiger partial charge in [-0.15, -0.1) is 0 Å². The molecule has 1 atom stereocenters. The SMILES string of the molecule is [C-]#[N+]c1ccc2c(c1)C(c1cccc(-c3cnccn3)c1)(c1cccc(-c3ccccc3O)n1)c1cc(C#N)ccc1-2. The van der Waals surface area contributed by atoms with E-state index in [0.717, 1.165) is 39.1 Å². The van der Waals surface area contributed by atoms with E-state index in [1.54, 1.807) is 30.7 Å². The largest absolute Gasteiger partial charge is 0.507 e. The number of phenols is 1. The first kappa shape index (κ1) is 24.9. The lowest BCUT2D eigenvalue weighted by atomic mass is 9.69. The minimum Gasteiger partial charge on any atom is -0.507 e. The van der Waals surface area contributed by atoms with Gasteiger partial charge in [0, 0.05) is 23.5 Å². The van der Waals surface area contributed by atoms with Crippen molar-refractivity contribution in [2.45, 2.75) is 5.41 Å². The van der Waals surface area contributed by atoms with Gasteiger partial charge in [-0.25, -0.2) is 4.85 Å². The Kier molecular flexibility index (Phi) is 5.82. The van der Waals surface area contributed by atoms with Gasteiger partial charge in [0.2, 0.25) is 0 Å². The van der Waals surface area contributed by atoms with Gasteiger partial charge in [0.05, 0.1) is 46.9 Å². The van der Waals surface area contributed by atoms with Crippen LogP contribution in [0.3, 0.4) is 0 Å². The average molecular weight is 540 g/mol. The number of hydrogen-bond acceptors (Lipinski definition) is 5. The van der Waals surface area contributed by atoms with E-state index in [-0.39, 0.29) is 5.75 Å². The Labute approximate surface area is 242 Å². The molecule has 7 rings (SSSR count). The number of para-hydroxylation sites is 1. The molecule has 6 heteroatoms. The monoisotopic (exact) mass is 539 g/mol. The molecule has 1 aliphatic rings. The van der Waals surface area contributed by atoms with Crippen molar-refractivity contribution >= 4 is 5.69 Å². The van der Waals surface area contributed by atoms with E-state index in [1.165, 1.54) is 0 Å². The van der Waals surface area contributed by atoms with Gasteiger partial charge in [-0.1, -0.05) is 60.7 Å². The highest BCUT2D eigenvalue weighted by Crippen LogP contribution is 2.57. The fourth-order valence-corrected chi connectivity index (χ4v) is 6.03. The Balaban J connectivity index is 1.61. The minimum absolute atomic E-state index is 0.134. The van der Waals surface area contributed by atoms with E-state index in [4.69, 9.17) is 11.6 Å². The van der Waals surface area contributed by atoms with E-state index in [9.17, 15) is 10.4 Å². The zero-order valence-electron chi connectivity index (χ0n) is 22.2. The van der Waals surface area contributed by atoms with Crippen molar-refractivity contribution in [2.24, 2.45) is 0 Å². The Morgan fingerprint density at radius 1 is 0.762 bits per heavy atom. The minimum atomic E-state index is -0.975. The van der Waals surface area contributed by atoms with E-state index in [0.29, 0.717) is 28.2 Å². The van der Waals surface area contributed by atoms with E-state index >= 15 is 0 Å². The summed E-state index contributed by atoms with van der Waals surface area (Å²) >= 11 is 0. The van der Waals surface area contributed by atoms with Crippen molar-refractivity contribution < 1.29 is 5.11 Å². The standard InChI is InChI=1S/C36H21N5O/c1-38-26-13-15-28-27-14-12-23(21-37)18-30(27)36(31(28)20-26,25-7-4-6-24(19-25)33-22-39-16-17-40-33)35-11-5-9-32(41-35)29-8-2-3-10-34(29)42/h2-20,22,42H. The van der Waals surface area contributed by atoms with Gasteiger partial charge in [-0.3, -0.25) is 15.0 Å². The van der Waals surface area contributed by atoms with Crippen LogP contribution in [0.15, 0.2) is 122 Å². The summed E-state index contributed by atoms with van der Waals surface area (Å²) in [6.45, 7) is 7.81. The number of benzene rings is 4. The van der Waals surface area contributed by atoms with Crippen molar-refractivity contribution in [2.75, 3.05) is 0 Å². The highest BCUT2D eigenvalue weighted by molar-refractivity contribution is 5.88. The van der Waals surface area contributed by atoms with Crippen LogP contribution in [0.5, 0.6) is 5.75 Å². The number of fused-ring (bicyclic) bond motifs is 3. The zero-order valence-corrected chi connectivity index (χ0v) is 22.2. The van der Waals surface area contributed by atoms with Crippen LogP contribution in [0.4, 0.5) is 5.69 Å². The molecule has 2 aromatic heterocycles. The summed E-state index contributed by atoms with van der Waals surface area (Å²) in [5, 5.41) is 20.6. The van der Waals surface area contributed by atoms with Crippen LogP contribution in [0.1, 0.15) is 27.9 Å². The smallest absolute Gasteiger partial charge is 0.187 e. The van der Waals surface area contributed by atoms with E-state index in [2.05, 4.69) is 33.0 Å². The van der Waals surface area contributed by atoms with Gasteiger partial charge in [0.15, 0.2) is 5.69 Å². The molecule has 6 aromatic rings. The predicted octanol–water partition coefficient (Wildman–Crippen LogP) is 7.70. The first-order valence-corrected chi connectivity index (χ1v) is 13.3. The molecule has 0 bridgehead atoms. The molecule has 1 unspecified atom stereocenters. The lowest BCUT2D eigenvalue weighted by molar-refractivity contribution is 0.477. The molecule has 0 saturated carbocycles. The molecule has 2 heterocycles. The molecule has 0 radical (unpaired) electrons. The van der Waals surface area contributed by atoms with Gasteiger partial charge in [-0.05, 0) is 70.3 Å². The quantitative estimate of drug-likeness (QED) is 0.232. The highest BCUT2D eigenvalue weighted by Gasteiger charge is 2.47. The van der Waals surface area contributed by atoms with Crippen molar-refractivity contribution in [3.8, 4) is 45.5 Å². The summed E-state index contributed by atoms with van der Waals surface area (Å²) in [5.74, 6) is 0.134. The third-order valence-corrected chi connectivity index (χ3v) is 7.85. The average Bonchev–Trinajstić information content (AvgIpc) is 3.35. The van der Waals surface area contributed by atoms with E-state index in [1.807, 2.05) is 78.9 Å². The molecule has 0 saturated heterocycles. The molecule has 0 amide bonds. The molecule has 1 aliphatic carbocycles. The summed E-state index contributed by atoms with van der Waals surface area (Å²) in [5.41, 5.74) is 8.25. The highest BCUT2D eigenvalue weighted by atomic mass is 16.3. The summed E-state index contributed by atoms with van der Waals surface area (Å²) < 4.78 is 0. The lowest BCUT2D eigenvalue weighted by Gasteiger charge is -2.33. The Bertz CT molecular complexity index is 2030. The maximum absolute atomic E-state index is 10.7. The number of aromatic hydroxyl groups is 1. The van der Waals surface area contributed by atoms with Crippen molar-refractivity contribution in [3.63, 3.8) is 0 Å². The fraction of sp³-hybridized carbons (Fsp3) is 0.0278. The first-order valence-electron chi connectivity index (χ1n) is 13.3. The molecule has 0 fully saturated rings. The molecule has 6 nitrogen and oxygen atoms in total. The number of nitriles is 1. The van der Waals surface area contributed by atoms with Gasteiger partial charge < -0.3 is 5.11 Å². The van der Waals surface area contributed by atoms with E-state index < -0.39 is 5.41 Å². The zero-order chi connectivity index (χ0) is 28.7. The second-order valence-corrected chi connectivity index (χ2v) is 10.1. The van der Waals surface area contributed by atoms with Crippen LogP contribution < -0.4 is 0 Å². The number of pyridine rings is 1. The molecule has 42 heavy (non-hydrogen) atoms. The first-order chi connectivity index (χ1) is 20.6.